The first kappa shape index (κ1) is 16.8. The molecule has 0 saturated heterocycles. The monoisotopic (exact) mass is 389 g/mol. The molecule has 0 radical (unpaired) electrons. The van der Waals surface area contributed by atoms with E-state index in [0.717, 1.165) is 53.0 Å². The number of aromatic nitrogens is 6. The van der Waals surface area contributed by atoms with Crippen molar-refractivity contribution < 1.29 is 5.11 Å². The zero-order valence-corrected chi connectivity index (χ0v) is 16.5. The molecule has 4 aromatic heterocycles. The van der Waals surface area contributed by atoms with Crippen LogP contribution in [0.15, 0.2) is 36.8 Å². The number of hydrogen-bond donors (Lipinski definition) is 2. The maximum Gasteiger partial charge on any atom is 0.204 e. The van der Waals surface area contributed by atoms with Crippen molar-refractivity contribution in [3.63, 3.8) is 0 Å². The molecule has 1 fully saturated rings. The average Bonchev–Trinajstić information content (AvgIpc) is 3.08. The smallest absolute Gasteiger partial charge is 0.204 e. The zero-order valence-electron chi connectivity index (χ0n) is 16.5. The minimum Gasteiger partial charge on any atom is -0.384 e. The predicted molar refractivity (Wildman–Crippen MR) is 110 cm³/mol. The van der Waals surface area contributed by atoms with Gasteiger partial charge in [-0.25, -0.2) is 9.97 Å². The van der Waals surface area contributed by atoms with Crippen molar-refractivity contribution in [2.75, 3.05) is 11.9 Å². The number of pyridine rings is 1. The number of nitrogens with zero attached hydrogens (tertiary/aromatic N) is 6. The van der Waals surface area contributed by atoms with Crippen LogP contribution in [0, 0.1) is 0 Å². The number of anilines is 1. The standard InChI is InChI=1S/C21H23N7O/c1-21(2,29)16-11-23-17-6-3-13(12-27(16)17)19-18(24-20-22-8-10-26(19)20)15-7-9-28(25-15)14-4-5-14/h3,6-7,9,11-12,14,29H,4-5,8,10H2,1-2H3,(H,22,24). The molecule has 0 atom stereocenters. The molecule has 1 aliphatic carbocycles. The molecule has 1 saturated carbocycles. The second kappa shape index (κ2) is 5.70. The number of rotatable bonds is 4. The Morgan fingerprint density at radius 1 is 1.21 bits per heavy atom. The summed E-state index contributed by atoms with van der Waals surface area (Å²) < 4.78 is 6.24. The highest BCUT2D eigenvalue weighted by Crippen LogP contribution is 2.38. The Bertz CT molecular complexity index is 1240. The van der Waals surface area contributed by atoms with Gasteiger partial charge in [0, 0.05) is 31.0 Å². The van der Waals surface area contributed by atoms with Crippen molar-refractivity contribution in [1.82, 2.24) is 28.7 Å². The molecule has 5 heterocycles. The van der Waals surface area contributed by atoms with Crippen LogP contribution in [0.25, 0.3) is 28.3 Å². The van der Waals surface area contributed by atoms with Gasteiger partial charge in [-0.05, 0) is 44.9 Å². The van der Waals surface area contributed by atoms with Crippen LogP contribution in [-0.4, -0.2) is 40.4 Å². The minimum absolute atomic E-state index is 0.538. The molecule has 0 aromatic carbocycles. The van der Waals surface area contributed by atoms with E-state index in [2.05, 4.69) is 37.9 Å². The Morgan fingerprint density at radius 2 is 2.07 bits per heavy atom. The molecule has 0 unspecified atom stereocenters. The van der Waals surface area contributed by atoms with Gasteiger partial charge in [0.15, 0.2) is 0 Å². The van der Waals surface area contributed by atoms with Gasteiger partial charge in [-0.3, -0.25) is 4.68 Å². The molecule has 0 spiro atoms. The van der Waals surface area contributed by atoms with E-state index in [1.165, 1.54) is 12.8 Å². The second-order valence-corrected chi connectivity index (χ2v) is 8.47. The SMILES string of the molecule is CC(C)(O)c1cnc2ccc(-c3c(-c4ccn(C5CC5)n4)nc4n3CCN4)cn12. The summed E-state index contributed by atoms with van der Waals surface area (Å²) in [4.78, 5) is 9.31. The molecule has 0 bridgehead atoms. The molecule has 4 aromatic rings. The lowest BCUT2D eigenvalue weighted by molar-refractivity contribution is 0.0730. The first-order valence-corrected chi connectivity index (χ1v) is 10.1. The van der Waals surface area contributed by atoms with E-state index in [9.17, 15) is 5.11 Å². The maximum absolute atomic E-state index is 10.5. The average molecular weight is 389 g/mol. The summed E-state index contributed by atoms with van der Waals surface area (Å²) in [6.45, 7) is 5.29. The molecule has 148 valence electrons. The van der Waals surface area contributed by atoms with Crippen molar-refractivity contribution >= 4 is 11.6 Å². The lowest BCUT2D eigenvalue weighted by Crippen LogP contribution is -2.18. The van der Waals surface area contributed by atoms with Crippen LogP contribution in [0.2, 0.25) is 0 Å². The lowest BCUT2D eigenvalue weighted by Gasteiger charge is -2.17. The molecular formula is C21H23N7O. The first-order valence-electron chi connectivity index (χ1n) is 10.1. The highest BCUT2D eigenvalue weighted by Gasteiger charge is 2.28. The number of hydrogen-bond acceptors (Lipinski definition) is 5. The van der Waals surface area contributed by atoms with E-state index < -0.39 is 5.60 Å². The highest BCUT2D eigenvalue weighted by atomic mass is 16.3. The second-order valence-electron chi connectivity index (χ2n) is 8.47. The molecule has 8 heteroatoms. The van der Waals surface area contributed by atoms with Crippen molar-refractivity contribution in [2.24, 2.45) is 0 Å². The summed E-state index contributed by atoms with van der Waals surface area (Å²) >= 11 is 0. The summed E-state index contributed by atoms with van der Waals surface area (Å²) in [5.41, 5.74) is 4.44. The Kier molecular flexibility index (Phi) is 3.30. The Hall–Kier alpha value is -3.13. The number of fused-ring (bicyclic) bond motifs is 2. The minimum atomic E-state index is -0.981. The zero-order chi connectivity index (χ0) is 19.8. The normalized spacial score (nSPS) is 16.4. The molecule has 1 aliphatic heterocycles. The summed E-state index contributed by atoms with van der Waals surface area (Å²) in [5, 5.41) is 18.7. The third-order valence-corrected chi connectivity index (χ3v) is 5.76. The Balaban J connectivity index is 1.54. The fraction of sp³-hybridized carbons (Fsp3) is 0.381. The fourth-order valence-corrected chi connectivity index (χ4v) is 4.14. The summed E-state index contributed by atoms with van der Waals surface area (Å²) in [6, 6.07) is 6.65. The lowest BCUT2D eigenvalue weighted by atomic mass is 10.1. The number of imidazole rings is 2. The molecular weight excluding hydrogens is 366 g/mol. The van der Waals surface area contributed by atoms with E-state index >= 15 is 0 Å². The molecule has 8 nitrogen and oxygen atoms in total. The quantitative estimate of drug-likeness (QED) is 0.560. The number of aliphatic hydroxyl groups is 1. The Labute approximate surface area is 167 Å². The van der Waals surface area contributed by atoms with Gasteiger partial charge in [0.2, 0.25) is 5.95 Å². The molecule has 0 amide bonds. The molecule has 2 aliphatic rings. The van der Waals surface area contributed by atoms with Crippen LogP contribution in [-0.2, 0) is 12.1 Å². The summed E-state index contributed by atoms with van der Waals surface area (Å²) in [6.07, 6.45) is 8.23. The van der Waals surface area contributed by atoms with Gasteiger partial charge in [0.25, 0.3) is 0 Å². The van der Waals surface area contributed by atoms with Crippen molar-refractivity contribution in [1.29, 1.82) is 0 Å². The molecule has 29 heavy (non-hydrogen) atoms. The topological polar surface area (TPSA) is 85.2 Å². The summed E-state index contributed by atoms with van der Waals surface area (Å²) in [7, 11) is 0. The van der Waals surface area contributed by atoms with Crippen LogP contribution < -0.4 is 5.32 Å². The first-order chi connectivity index (χ1) is 14.0. The van der Waals surface area contributed by atoms with Gasteiger partial charge in [0.1, 0.15) is 22.6 Å². The van der Waals surface area contributed by atoms with Gasteiger partial charge in [-0.2, -0.15) is 5.10 Å². The largest absolute Gasteiger partial charge is 0.384 e. The predicted octanol–water partition coefficient (Wildman–Crippen LogP) is 3.05. The van der Waals surface area contributed by atoms with Crippen LogP contribution >= 0.6 is 0 Å². The molecule has 2 N–H and O–H groups in total. The van der Waals surface area contributed by atoms with Gasteiger partial charge in [-0.1, -0.05) is 0 Å². The maximum atomic E-state index is 10.5. The fourth-order valence-electron chi connectivity index (χ4n) is 4.14. The van der Waals surface area contributed by atoms with E-state index in [0.29, 0.717) is 6.04 Å². The van der Waals surface area contributed by atoms with Gasteiger partial charge < -0.3 is 19.4 Å². The van der Waals surface area contributed by atoms with Gasteiger partial charge >= 0.3 is 0 Å². The van der Waals surface area contributed by atoms with Crippen molar-refractivity contribution in [3.8, 4) is 22.6 Å². The third kappa shape index (κ3) is 2.59. The van der Waals surface area contributed by atoms with Gasteiger partial charge in [-0.15, -0.1) is 0 Å². The number of nitrogens with one attached hydrogen (secondary N) is 1. The van der Waals surface area contributed by atoms with Crippen molar-refractivity contribution in [3.05, 3.63) is 42.5 Å². The van der Waals surface area contributed by atoms with Crippen molar-refractivity contribution in [2.45, 2.75) is 44.9 Å². The van der Waals surface area contributed by atoms with Crippen LogP contribution in [0.1, 0.15) is 38.4 Å². The van der Waals surface area contributed by atoms with Crippen LogP contribution in [0.5, 0.6) is 0 Å². The van der Waals surface area contributed by atoms with Crippen LogP contribution in [0.3, 0.4) is 0 Å². The highest BCUT2D eigenvalue weighted by molar-refractivity contribution is 5.80. The van der Waals surface area contributed by atoms with E-state index in [-0.39, 0.29) is 0 Å². The van der Waals surface area contributed by atoms with Gasteiger partial charge in [0.05, 0.1) is 23.6 Å². The van der Waals surface area contributed by atoms with E-state index in [1.54, 1.807) is 20.0 Å². The van der Waals surface area contributed by atoms with E-state index in [1.807, 2.05) is 16.7 Å². The Morgan fingerprint density at radius 3 is 2.86 bits per heavy atom. The summed E-state index contributed by atoms with van der Waals surface area (Å²) in [5.74, 6) is 0.879. The molecule has 6 rings (SSSR count). The van der Waals surface area contributed by atoms with Crippen LogP contribution in [0.4, 0.5) is 5.95 Å². The van der Waals surface area contributed by atoms with E-state index in [4.69, 9.17) is 10.1 Å². The third-order valence-electron chi connectivity index (χ3n) is 5.76.